The molecule has 0 saturated carbocycles. The molecule has 7 nitrogen and oxygen atoms in total. The lowest BCUT2D eigenvalue weighted by atomic mass is 9.87. The number of methoxy groups -OCH3 is 1. The van der Waals surface area contributed by atoms with E-state index in [2.05, 4.69) is 28.8 Å². The maximum Gasteiger partial charge on any atom is 0.337 e. The smallest absolute Gasteiger partial charge is 0.337 e. The summed E-state index contributed by atoms with van der Waals surface area (Å²) in [4.78, 5) is 40.6. The van der Waals surface area contributed by atoms with Crippen LogP contribution < -0.4 is 5.32 Å². The summed E-state index contributed by atoms with van der Waals surface area (Å²) in [5, 5.41) is 2.94. The Kier molecular flexibility index (Phi) is 5.51. The van der Waals surface area contributed by atoms with Crippen molar-refractivity contribution in [2.75, 3.05) is 26.7 Å². The van der Waals surface area contributed by atoms with Crippen molar-refractivity contribution >= 4 is 17.9 Å². The summed E-state index contributed by atoms with van der Waals surface area (Å²) in [6.45, 7) is 7.19. The lowest BCUT2D eigenvalue weighted by Gasteiger charge is -2.38. The zero-order valence-electron chi connectivity index (χ0n) is 16.2. The first-order valence-corrected chi connectivity index (χ1v) is 9.38. The Balaban J connectivity index is 1.65. The first kappa shape index (κ1) is 19.4. The molecule has 0 bridgehead atoms. The number of esters is 1. The molecule has 2 heterocycles. The molecule has 0 atom stereocenters. The van der Waals surface area contributed by atoms with E-state index in [-0.39, 0.29) is 18.5 Å². The predicted octanol–water partition coefficient (Wildman–Crippen LogP) is 2.02. The minimum atomic E-state index is -0.767. The largest absolute Gasteiger partial charge is 0.465 e. The van der Waals surface area contributed by atoms with Gasteiger partial charge in [0.2, 0.25) is 0 Å². The molecule has 27 heavy (non-hydrogen) atoms. The third-order valence-electron chi connectivity index (χ3n) is 5.29. The second-order valence-corrected chi connectivity index (χ2v) is 7.79. The molecule has 3 amide bonds. The van der Waals surface area contributed by atoms with Crippen molar-refractivity contribution in [1.29, 1.82) is 0 Å². The van der Waals surface area contributed by atoms with Gasteiger partial charge in [0.1, 0.15) is 5.54 Å². The maximum absolute atomic E-state index is 13.0. The van der Waals surface area contributed by atoms with Crippen molar-refractivity contribution in [3.8, 4) is 0 Å². The van der Waals surface area contributed by atoms with Crippen LogP contribution in [0.5, 0.6) is 0 Å². The number of hydrogen-bond donors (Lipinski definition) is 1. The zero-order chi connectivity index (χ0) is 19.6. The maximum atomic E-state index is 13.0. The van der Waals surface area contributed by atoms with E-state index >= 15 is 0 Å². The number of nitrogens with zero attached hydrogens (tertiary/aromatic N) is 2. The molecular weight excluding hydrogens is 346 g/mol. The molecule has 2 fully saturated rings. The normalized spacial score (nSPS) is 19.6. The van der Waals surface area contributed by atoms with E-state index in [0.717, 1.165) is 25.2 Å². The monoisotopic (exact) mass is 373 g/mol. The van der Waals surface area contributed by atoms with E-state index in [9.17, 15) is 14.4 Å². The quantitative estimate of drug-likeness (QED) is 0.631. The van der Waals surface area contributed by atoms with Gasteiger partial charge in [-0.15, -0.1) is 0 Å². The Morgan fingerprint density at radius 3 is 2.37 bits per heavy atom. The van der Waals surface area contributed by atoms with Gasteiger partial charge in [-0.05, 0) is 36.5 Å². The molecule has 1 aromatic rings. The molecule has 2 aliphatic rings. The third-order valence-corrected chi connectivity index (χ3v) is 5.29. The van der Waals surface area contributed by atoms with Crippen LogP contribution in [-0.4, -0.2) is 60.0 Å². The summed E-state index contributed by atoms with van der Waals surface area (Å²) in [5.74, 6) is 0.0229. The van der Waals surface area contributed by atoms with Gasteiger partial charge in [-0.3, -0.25) is 9.69 Å². The molecule has 1 N–H and O–H groups in total. The minimum Gasteiger partial charge on any atom is -0.465 e. The van der Waals surface area contributed by atoms with Gasteiger partial charge in [0.15, 0.2) is 0 Å². The Morgan fingerprint density at radius 2 is 1.81 bits per heavy atom. The average molecular weight is 373 g/mol. The van der Waals surface area contributed by atoms with Gasteiger partial charge in [0.05, 0.1) is 19.2 Å². The standard InChI is InChI=1S/C20H27N3O4/c1-14(2)12-22-10-8-20(9-11-22)18(25)23(19(26)21-20)13-15-4-6-16(7-5-15)17(24)27-3/h4-7,14H,8-13H2,1-3H3,(H,21,26). The first-order chi connectivity index (χ1) is 12.8. The van der Waals surface area contributed by atoms with Gasteiger partial charge >= 0.3 is 12.0 Å². The van der Waals surface area contributed by atoms with Gasteiger partial charge < -0.3 is 15.0 Å². The number of hydrogen-bond acceptors (Lipinski definition) is 5. The second kappa shape index (κ2) is 7.68. The van der Waals surface area contributed by atoms with Crippen LogP contribution in [0, 0.1) is 5.92 Å². The number of ether oxygens (including phenoxy) is 1. The average Bonchev–Trinajstić information content (AvgIpc) is 2.87. The number of carbonyl (C=O) groups is 3. The molecule has 0 aliphatic carbocycles. The number of benzene rings is 1. The second-order valence-electron chi connectivity index (χ2n) is 7.79. The molecule has 146 valence electrons. The van der Waals surface area contributed by atoms with Gasteiger partial charge in [0, 0.05) is 19.6 Å². The Labute approximate surface area is 159 Å². The van der Waals surface area contributed by atoms with Crippen molar-refractivity contribution < 1.29 is 19.1 Å². The van der Waals surface area contributed by atoms with Gasteiger partial charge in [-0.1, -0.05) is 26.0 Å². The molecule has 0 unspecified atom stereocenters. The van der Waals surface area contributed by atoms with Crippen molar-refractivity contribution in [2.45, 2.75) is 38.8 Å². The van der Waals surface area contributed by atoms with E-state index in [1.165, 1.54) is 12.0 Å². The molecule has 2 aliphatic heterocycles. The fourth-order valence-electron chi connectivity index (χ4n) is 3.84. The highest BCUT2D eigenvalue weighted by atomic mass is 16.5. The van der Waals surface area contributed by atoms with Crippen LogP contribution in [0.15, 0.2) is 24.3 Å². The van der Waals surface area contributed by atoms with E-state index in [4.69, 9.17) is 0 Å². The van der Waals surface area contributed by atoms with E-state index < -0.39 is 11.5 Å². The minimum absolute atomic E-state index is 0.145. The van der Waals surface area contributed by atoms with Crippen LogP contribution in [0.2, 0.25) is 0 Å². The fraction of sp³-hybridized carbons (Fsp3) is 0.550. The number of carbonyl (C=O) groups excluding carboxylic acids is 3. The topological polar surface area (TPSA) is 79.0 Å². The van der Waals surface area contributed by atoms with Gasteiger partial charge in [0.25, 0.3) is 5.91 Å². The van der Waals surface area contributed by atoms with Crippen LogP contribution in [0.3, 0.4) is 0 Å². The van der Waals surface area contributed by atoms with Crippen LogP contribution in [0.25, 0.3) is 0 Å². The number of likely N-dealkylation sites (tertiary alicyclic amines) is 1. The Bertz CT molecular complexity index is 721. The highest BCUT2D eigenvalue weighted by molar-refractivity contribution is 6.07. The number of imide groups is 1. The summed E-state index contributed by atoms with van der Waals surface area (Å²) < 4.78 is 4.68. The summed E-state index contributed by atoms with van der Waals surface area (Å²) >= 11 is 0. The van der Waals surface area contributed by atoms with Crippen LogP contribution in [0.1, 0.15) is 42.6 Å². The highest BCUT2D eigenvalue weighted by Gasteiger charge is 2.52. The molecular formula is C20H27N3O4. The highest BCUT2D eigenvalue weighted by Crippen LogP contribution is 2.30. The fourth-order valence-corrected chi connectivity index (χ4v) is 3.84. The van der Waals surface area contributed by atoms with Gasteiger partial charge in [-0.2, -0.15) is 0 Å². The van der Waals surface area contributed by atoms with Crippen LogP contribution in [0.4, 0.5) is 4.79 Å². The summed E-state index contributed by atoms with van der Waals surface area (Å²) in [5.41, 5.74) is 0.462. The van der Waals surface area contributed by atoms with E-state index in [1.54, 1.807) is 24.3 Å². The Hall–Kier alpha value is -2.41. The van der Waals surface area contributed by atoms with Crippen molar-refractivity contribution in [2.24, 2.45) is 5.92 Å². The first-order valence-electron chi connectivity index (χ1n) is 9.38. The predicted molar refractivity (Wildman–Crippen MR) is 100 cm³/mol. The zero-order valence-corrected chi connectivity index (χ0v) is 16.2. The van der Waals surface area contributed by atoms with Crippen molar-refractivity contribution in [1.82, 2.24) is 15.1 Å². The van der Waals surface area contributed by atoms with Crippen molar-refractivity contribution in [3.63, 3.8) is 0 Å². The van der Waals surface area contributed by atoms with E-state index in [1.807, 2.05) is 0 Å². The molecule has 0 aromatic heterocycles. The van der Waals surface area contributed by atoms with Gasteiger partial charge in [-0.25, -0.2) is 9.59 Å². The third kappa shape index (κ3) is 3.98. The van der Waals surface area contributed by atoms with E-state index in [0.29, 0.717) is 24.3 Å². The molecule has 7 heteroatoms. The number of nitrogens with one attached hydrogen (secondary N) is 1. The van der Waals surface area contributed by atoms with Crippen molar-refractivity contribution in [3.05, 3.63) is 35.4 Å². The summed E-state index contributed by atoms with van der Waals surface area (Å²) in [6.07, 6.45) is 1.28. The molecule has 1 aromatic carbocycles. The lowest BCUT2D eigenvalue weighted by Crippen LogP contribution is -2.55. The van der Waals surface area contributed by atoms with Crippen LogP contribution in [-0.2, 0) is 16.1 Å². The molecule has 1 spiro atoms. The van der Waals surface area contributed by atoms with Crippen LogP contribution >= 0.6 is 0 Å². The summed E-state index contributed by atoms with van der Waals surface area (Å²) in [6, 6.07) is 6.42. The lowest BCUT2D eigenvalue weighted by molar-refractivity contribution is -0.133. The Morgan fingerprint density at radius 1 is 1.19 bits per heavy atom. The number of piperidine rings is 1. The molecule has 2 saturated heterocycles. The number of urea groups is 1. The molecule has 3 rings (SSSR count). The SMILES string of the molecule is COC(=O)c1ccc(CN2C(=O)NC3(CCN(CC(C)C)CC3)C2=O)cc1. The molecule has 0 radical (unpaired) electrons. The number of rotatable bonds is 5. The number of amides is 3. The summed E-state index contributed by atoms with van der Waals surface area (Å²) in [7, 11) is 1.33.